The minimum atomic E-state index is -3.36. The first-order valence-electron chi connectivity index (χ1n) is 5.17. The molecule has 1 aromatic carbocycles. The first-order valence-corrected chi connectivity index (χ1v) is 6.62. The van der Waals surface area contributed by atoms with Gasteiger partial charge in [0, 0.05) is 20.6 Å². The van der Waals surface area contributed by atoms with Gasteiger partial charge in [0.1, 0.15) is 0 Å². The second kappa shape index (κ2) is 4.95. The SMILES string of the molecule is CCc1ccc(S(=O)(=O)N(C)C)cc1CN. The molecule has 1 rings (SSSR count). The van der Waals surface area contributed by atoms with Crippen molar-refractivity contribution in [2.75, 3.05) is 14.1 Å². The van der Waals surface area contributed by atoms with Crippen molar-refractivity contribution in [2.45, 2.75) is 24.8 Å². The van der Waals surface area contributed by atoms with Crippen LogP contribution in [0.15, 0.2) is 23.1 Å². The number of nitrogens with two attached hydrogens (primary N) is 1. The maximum absolute atomic E-state index is 11.9. The van der Waals surface area contributed by atoms with Crippen molar-refractivity contribution in [3.63, 3.8) is 0 Å². The molecule has 0 bridgehead atoms. The Balaban J connectivity index is 3.29. The average molecular weight is 242 g/mol. The first kappa shape index (κ1) is 13.2. The molecule has 0 unspecified atom stereocenters. The van der Waals surface area contributed by atoms with E-state index in [1.165, 1.54) is 18.4 Å². The normalized spacial score (nSPS) is 12.1. The molecule has 0 spiro atoms. The minimum Gasteiger partial charge on any atom is -0.326 e. The molecule has 0 saturated heterocycles. The van der Waals surface area contributed by atoms with Crippen LogP contribution in [0.1, 0.15) is 18.1 Å². The second-order valence-electron chi connectivity index (χ2n) is 3.78. The van der Waals surface area contributed by atoms with Crippen LogP contribution >= 0.6 is 0 Å². The molecule has 1 aromatic rings. The third-order valence-corrected chi connectivity index (χ3v) is 4.37. The van der Waals surface area contributed by atoms with Crippen molar-refractivity contribution in [3.8, 4) is 0 Å². The highest BCUT2D eigenvalue weighted by atomic mass is 32.2. The Morgan fingerprint density at radius 2 is 1.88 bits per heavy atom. The van der Waals surface area contributed by atoms with Gasteiger partial charge in [0.15, 0.2) is 0 Å². The van der Waals surface area contributed by atoms with Gasteiger partial charge in [-0.2, -0.15) is 0 Å². The molecule has 0 aliphatic carbocycles. The molecule has 0 aromatic heterocycles. The quantitative estimate of drug-likeness (QED) is 0.855. The molecule has 0 aliphatic heterocycles. The zero-order valence-electron chi connectivity index (χ0n) is 9.90. The largest absolute Gasteiger partial charge is 0.326 e. The molecule has 4 nitrogen and oxygen atoms in total. The Bertz CT molecular complexity index is 467. The van der Waals surface area contributed by atoms with E-state index in [4.69, 9.17) is 5.73 Å². The summed E-state index contributed by atoms with van der Waals surface area (Å²) in [7, 11) is -0.319. The molecule has 90 valence electrons. The van der Waals surface area contributed by atoms with E-state index in [0.29, 0.717) is 11.4 Å². The van der Waals surface area contributed by atoms with Crippen molar-refractivity contribution in [1.82, 2.24) is 4.31 Å². The lowest BCUT2D eigenvalue weighted by Crippen LogP contribution is -2.22. The molecule has 0 heterocycles. The van der Waals surface area contributed by atoms with E-state index in [0.717, 1.165) is 17.5 Å². The van der Waals surface area contributed by atoms with Crippen LogP contribution in [0.5, 0.6) is 0 Å². The number of benzene rings is 1. The molecule has 5 heteroatoms. The lowest BCUT2D eigenvalue weighted by Gasteiger charge is -2.13. The van der Waals surface area contributed by atoms with Gasteiger partial charge < -0.3 is 5.73 Å². The summed E-state index contributed by atoms with van der Waals surface area (Å²) in [5.74, 6) is 0. The van der Waals surface area contributed by atoms with Crippen molar-refractivity contribution < 1.29 is 8.42 Å². The number of aryl methyl sites for hydroxylation is 1. The van der Waals surface area contributed by atoms with Crippen molar-refractivity contribution >= 4 is 10.0 Å². The average Bonchev–Trinajstić information content (AvgIpc) is 2.27. The lowest BCUT2D eigenvalue weighted by atomic mass is 10.1. The fourth-order valence-corrected chi connectivity index (χ4v) is 2.46. The van der Waals surface area contributed by atoms with E-state index in [1.54, 1.807) is 12.1 Å². The number of hydrogen-bond donors (Lipinski definition) is 1. The Morgan fingerprint density at radius 1 is 1.25 bits per heavy atom. The van der Waals surface area contributed by atoms with E-state index in [2.05, 4.69) is 0 Å². The van der Waals surface area contributed by atoms with Crippen LogP contribution in [0.2, 0.25) is 0 Å². The summed E-state index contributed by atoms with van der Waals surface area (Å²) >= 11 is 0. The molecule has 0 atom stereocenters. The van der Waals surface area contributed by atoms with E-state index in [-0.39, 0.29) is 0 Å². The summed E-state index contributed by atoms with van der Waals surface area (Å²) in [5, 5.41) is 0. The van der Waals surface area contributed by atoms with Crippen LogP contribution in [0.3, 0.4) is 0 Å². The second-order valence-corrected chi connectivity index (χ2v) is 5.93. The van der Waals surface area contributed by atoms with Crippen LogP contribution in [-0.2, 0) is 23.0 Å². The van der Waals surface area contributed by atoms with Crippen LogP contribution in [0.4, 0.5) is 0 Å². The summed E-state index contributed by atoms with van der Waals surface area (Å²) in [6.45, 7) is 2.38. The van der Waals surface area contributed by atoms with Crippen LogP contribution in [-0.4, -0.2) is 26.8 Å². The zero-order valence-corrected chi connectivity index (χ0v) is 10.7. The fourth-order valence-electron chi connectivity index (χ4n) is 1.51. The topological polar surface area (TPSA) is 63.4 Å². The van der Waals surface area contributed by atoms with Gasteiger partial charge in [-0.1, -0.05) is 13.0 Å². The highest BCUT2D eigenvalue weighted by molar-refractivity contribution is 7.89. The molecule has 0 saturated carbocycles. The van der Waals surface area contributed by atoms with E-state index >= 15 is 0 Å². The Hall–Kier alpha value is -0.910. The molecule has 16 heavy (non-hydrogen) atoms. The summed E-state index contributed by atoms with van der Waals surface area (Å²) in [4.78, 5) is 0.301. The predicted molar refractivity (Wildman–Crippen MR) is 64.6 cm³/mol. The van der Waals surface area contributed by atoms with E-state index in [1.807, 2.05) is 13.0 Å². The molecule has 0 amide bonds. The van der Waals surface area contributed by atoms with E-state index in [9.17, 15) is 8.42 Å². The molecule has 2 N–H and O–H groups in total. The lowest BCUT2D eigenvalue weighted by molar-refractivity contribution is 0.520. The fraction of sp³-hybridized carbons (Fsp3) is 0.455. The molecule has 0 aliphatic rings. The Labute approximate surface area is 97.1 Å². The Kier molecular flexibility index (Phi) is 4.07. The highest BCUT2D eigenvalue weighted by Crippen LogP contribution is 2.18. The van der Waals surface area contributed by atoms with Crippen molar-refractivity contribution in [2.24, 2.45) is 5.73 Å². The maximum atomic E-state index is 11.9. The molecular formula is C11H18N2O2S. The van der Waals surface area contributed by atoms with Crippen LogP contribution < -0.4 is 5.73 Å². The van der Waals surface area contributed by atoms with Crippen molar-refractivity contribution in [1.29, 1.82) is 0 Å². The summed E-state index contributed by atoms with van der Waals surface area (Å²) in [6, 6.07) is 5.13. The summed E-state index contributed by atoms with van der Waals surface area (Å²) < 4.78 is 25.0. The number of rotatable bonds is 4. The van der Waals surface area contributed by atoms with E-state index < -0.39 is 10.0 Å². The van der Waals surface area contributed by atoms with Gasteiger partial charge in [-0.3, -0.25) is 0 Å². The number of nitrogens with zero attached hydrogens (tertiary/aromatic N) is 1. The van der Waals surface area contributed by atoms with Crippen LogP contribution in [0, 0.1) is 0 Å². The summed E-state index contributed by atoms with van der Waals surface area (Å²) in [5.41, 5.74) is 7.60. The van der Waals surface area contributed by atoms with Gasteiger partial charge >= 0.3 is 0 Å². The molecule has 0 radical (unpaired) electrons. The monoisotopic (exact) mass is 242 g/mol. The van der Waals surface area contributed by atoms with Gasteiger partial charge in [0.05, 0.1) is 4.90 Å². The smallest absolute Gasteiger partial charge is 0.242 e. The summed E-state index contributed by atoms with van der Waals surface area (Å²) in [6.07, 6.45) is 0.856. The molecular weight excluding hydrogens is 224 g/mol. The van der Waals surface area contributed by atoms with Crippen molar-refractivity contribution in [3.05, 3.63) is 29.3 Å². The Morgan fingerprint density at radius 3 is 2.31 bits per heavy atom. The van der Waals surface area contributed by atoms with Gasteiger partial charge in [-0.05, 0) is 29.7 Å². The minimum absolute atomic E-state index is 0.301. The first-order chi connectivity index (χ1) is 7.43. The van der Waals surface area contributed by atoms with Gasteiger partial charge in [-0.25, -0.2) is 12.7 Å². The third kappa shape index (κ3) is 2.42. The standard InChI is InChI=1S/C11H18N2O2S/c1-4-9-5-6-11(7-10(9)8-12)16(14,15)13(2)3/h5-7H,4,8,12H2,1-3H3. The third-order valence-electron chi connectivity index (χ3n) is 2.56. The van der Waals surface area contributed by atoms with Crippen LogP contribution in [0.25, 0.3) is 0 Å². The number of sulfonamides is 1. The predicted octanol–water partition coefficient (Wildman–Crippen LogP) is 0.958. The van der Waals surface area contributed by atoms with Gasteiger partial charge in [0.2, 0.25) is 10.0 Å². The maximum Gasteiger partial charge on any atom is 0.242 e. The number of hydrogen-bond acceptors (Lipinski definition) is 3. The van der Waals surface area contributed by atoms with Gasteiger partial charge in [-0.15, -0.1) is 0 Å². The highest BCUT2D eigenvalue weighted by Gasteiger charge is 2.17. The van der Waals surface area contributed by atoms with Gasteiger partial charge in [0.25, 0.3) is 0 Å². The molecule has 0 fully saturated rings. The zero-order chi connectivity index (χ0) is 12.3.